The van der Waals surface area contributed by atoms with Crippen molar-refractivity contribution in [3.63, 3.8) is 0 Å². The molecule has 0 aromatic heterocycles. The third kappa shape index (κ3) is 1.18. The molecule has 0 saturated carbocycles. The third-order valence-electron chi connectivity index (χ3n) is 2.01. The summed E-state index contributed by atoms with van der Waals surface area (Å²) in [7, 11) is 1.31. The molecular weight excluding hydrogens is 172 g/mol. The molecule has 0 bridgehead atoms. The summed E-state index contributed by atoms with van der Waals surface area (Å²) in [6.07, 6.45) is 0.631. The summed E-state index contributed by atoms with van der Waals surface area (Å²) in [6.45, 7) is 3.14. The van der Waals surface area contributed by atoms with Crippen LogP contribution in [-0.4, -0.2) is 13.4 Å². The molecule has 1 rings (SSSR count). The predicted octanol–water partition coefficient (Wildman–Crippen LogP) is -0.232. The minimum absolute atomic E-state index is 0.0158. The van der Waals surface area contributed by atoms with Crippen LogP contribution in [-0.2, 0) is 10.2 Å². The second kappa shape index (κ2) is 2.80. The first-order valence-electron chi connectivity index (χ1n) is 3.79. The molecule has 0 amide bonds. The van der Waals surface area contributed by atoms with Crippen molar-refractivity contribution in [2.75, 3.05) is 7.11 Å². The first-order valence-corrected chi connectivity index (χ1v) is 3.79. The molecule has 1 aromatic rings. The zero-order valence-electron chi connectivity index (χ0n) is 7.71. The zero-order chi connectivity index (χ0) is 10.2. The lowest BCUT2D eigenvalue weighted by Gasteiger charge is -2.20. The van der Waals surface area contributed by atoms with Gasteiger partial charge in [0.15, 0.2) is 5.75 Å². The average molecular weight is 182 g/mol. The second-order valence-corrected chi connectivity index (χ2v) is 3.41. The van der Waals surface area contributed by atoms with Crippen LogP contribution in [0.1, 0.15) is 19.4 Å². The zero-order valence-corrected chi connectivity index (χ0v) is 7.71. The van der Waals surface area contributed by atoms with Gasteiger partial charge in [-0.2, -0.15) is 0 Å². The maximum absolute atomic E-state index is 11.1. The minimum atomic E-state index is -0.934. The highest BCUT2D eigenvalue weighted by atomic mass is 16.5. The number of ether oxygens (including phenoxy) is 1. The first kappa shape index (κ1) is 9.64. The Balaban J connectivity index is 3.33. The van der Waals surface area contributed by atoms with Crippen molar-refractivity contribution in [3.05, 3.63) is 26.0 Å². The van der Waals surface area contributed by atoms with Gasteiger partial charge >= 0.3 is 0 Å². The van der Waals surface area contributed by atoms with Gasteiger partial charge in [-0.3, -0.25) is 9.59 Å². The van der Waals surface area contributed by atoms with E-state index in [0.29, 0.717) is 6.29 Å². The Morgan fingerprint density at radius 2 is 1.77 bits per heavy atom. The molecule has 0 spiro atoms. The largest absolute Gasteiger partial charge is 0.492 e. The van der Waals surface area contributed by atoms with E-state index in [1.54, 1.807) is 13.8 Å². The van der Waals surface area contributed by atoms with Gasteiger partial charge in [0.2, 0.25) is 5.43 Å². The van der Waals surface area contributed by atoms with Crippen LogP contribution in [0, 0.1) is 0 Å². The minimum Gasteiger partial charge on any atom is -0.492 e. The Morgan fingerprint density at radius 3 is 2.15 bits per heavy atom. The summed E-state index contributed by atoms with van der Waals surface area (Å²) in [5.41, 5.74) is -2.02. The fourth-order valence-corrected chi connectivity index (χ4v) is 1.21. The number of carbonyl (C=O) groups excluding carboxylic acids is 1. The van der Waals surface area contributed by atoms with Crippen molar-refractivity contribution in [2.45, 2.75) is 19.3 Å². The summed E-state index contributed by atoms with van der Waals surface area (Å²) in [6, 6.07) is 0. The van der Waals surface area contributed by atoms with Crippen LogP contribution >= 0.6 is 0 Å². The molecule has 4 nitrogen and oxygen atoms in total. The van der Waals surface area contributed by atoms with Gasteiger partial charge < -0.3 is 9.53 Å². The average Bonchev–Trinajstić information content (AvgIpc) is 2.11. The normalized spacial score (nSPS) is 11.6. The van der Waals surface area contributed by atoms with Gasteiger partial charge in [0.25, 0.3) is 5.43 Å². The Kier molecular flexibility index (Phi) is 2.07. The Bertz CT molecular complexity index is 407. The summed E-state index contributed by atoms with van der Waals surface area (Å²) >= 11 is 0. The second-order valence-electron chi connectivity index (χ2n) is 3.41. The standard InChI is InChI=1S/C9H10O4/c1-9(2,4-10)5-6(11)7(12)8(5)13-3/h4H,1-3H3. The highest BCUT2D eigenvalue weighted by Gasteiger charge is 2.34. The van der Waals surface area contributed by atoms with E-state index in [-0.39, 0.29) is 11.3 Å². The summed E-state index contributed by atoms with van der Waals surface area (Å²) in [4.78, 5) is 32.6. The summed E-state index contributed by atoms with van der Waals surface area (Å²) < 4.78 is 4.72. The number of hydrogen-bond acceptors (Lipinski definition) is 4. The van der Waals surface area contributed by atoms with Gasteiger partial charge in [0, 0.05) is 0 Å². The number of carbonyl (C=O) groups is 1. The van der Waals surface area contributed by atoms with E-state index in [1.807, 2.05) is 0 Å². The van der Waals surface area contributed by atoms with Gasteiger partial charge in [-0.25, -0.2) is 0 Å². The maximum Gasteiger partial charge on any atom is 0.268 e. The van der Waals surface area contributed by atoms with Crippen molar-refractivity contribution in [2.24, 2.45) is 0 Å². The highest BCUT2D eigenvalue weighted by Crippen LogP contribution is 2.25. The monoisotopic (exact) mass is 182 g/mol. The van der Waals surface area contributed by atoms with E-state index in [0.717, 1.165) is 0 Å². The van der Waals surface area contributed by atoms with Gasteiger partial charge in [0.1, 0.15) is 6.29 Å². The van der Waals surface area contributed by atoms with Crippen LogP contribution in [0.25, 0.3) is 0 Å². The number of aldehydes is 1. The SMILES string of the molecule is COc1c(C(C)(C)C=O)c(=O)c1=O. The van der Waals surface area contributed by atoms with Gasteiger partial charge in [-0.05, 0) is 13.8 Å². The Labute approximate surface area is 74.8 Å². The molecule has 0 aliphatic carbocycles. The molecule has 0 aliphatic rings. The van der Waals surface area contributed by atoms with Crippen LogP contribution in [0.2, 0.25) is 0 Å². The molecule has 0 saturated heterocycles. The maximum atomic E-state index is 11.1. The molecule has 70 valence electrons. The van der Waals surface area contributed by atoms with Gasteiger partial charge in [-0.1, -0.05) is 0 Å². The number of hydrogen-bond donors (Lipinski definition) is 0. The lowest BCUT2D eigenvalue weighted by Crippen LogP contribution is -2.43. The summed E-state index contributed by atoms with van der Waals surface area (Å²) in [5.74, 6) is 0.0158. The van der Waals surface area contributed by atoms with E-state index in [2.05, 4.69) is 0 Å². The van der Waals surface area contributed by atoms with E-state index in [9.17, 15) is 14.4 Å². The van der Waals surface area contributed by atoms with E-state index in [1.165, 1.54) is 7.11 Å². The third-order valence-corrected chi connectivity index (χ3v) is 2.01. The molecule has 0 N–H and O–H groups in total. The predicted molar refractivity (Wildman–Crippen MR) is 47.0 cm³/mol. The van der Waals surface area contributed by atoms with E-state index < -0.39 is 16.3 Å². The quantitative estimate of drug-likeness (QED) is 0.478. The van der Waals surface area contributed by atoms with Crippen LogP contribution in [0.4, 0.5) is 0 Å². The van der Waals surface area contributed by atoms with Gasteiger partial charge in [-0.15, -0.1) is 0 Å². The van der Waals surface area contributed by atoms with Crippen LogP contribution < -0.4 is 15.6 Å². The molecule has 0 radical (unpaired) electrons. The lowest BCUT2D eigenvalue weighted by molar-refractivity contribution is -0.111. The van der Waals surface area contributed by atoms with Crippen LogP contribution in [0.5, 0.6) is 5.75 Å². The highest BCUT2D eigenvalue weighted by molar-refractivity contribution is 5.70. The Hall–Kier alpha value is -1.45. The fourth-order valence-electron chi connectivity index (χ4n) is 1.21. The molecule has 0 unspecified atom stereocenters. The topological polar surface area (TPSA) is 60.4 Å². The van der Waals surface area contributed by atoms with Crippen LogP contribution in [0.15, 0.2) is 9.59 Å². The van der Waals surface area contributed by atoms with Crippen molar-refractivity contribution < 1.29 is 9.53 Å². The van der Waals surface area contributed by atoms with Crippen molar-refractivity contribution in [3.8, 4) is 5.75 Å². The smallest absolute Gasteiger partial charge is 0.268 e. The van der Waals surface area contributed by atoms with Gasteiger partial charge in [0.05, 0.1) is 18.1 Å². The number of methoxy groups -OCH3 is 1. The molecule has 0 atom stereocenters. The van der Waals surface area contributed by atoms with Crippen molar-refractivity contribution >= 4 is 6.29 Å². The Morgan fingerprint density at radius 1 is 1.23 bits per heavy atom. The molecule has 0 fully saturated rings. The molecule has 0 aliphatic heterocycles. The first-order chi connectivity index (χ1) is 5.95. The molecule has 0 heterocycles. The van der Waals surface area contributed by atoms with Crippen molar-refractivity contribution in [1.82, 2.24) is 0 Å². The van der Waals surface area contributed by atoms with Crippen LogP contribution in [0.3, 0.4) is 0 Å². The number of rotatable bonds is 3. The molecule has 13 heavy (non-hydrogen) atoms. The van der Waals surface area contributed by atoms with Crippen molar-refractivity contribution in [1.29, 1.82) is 0 Å². The molecular formula is C9H10O4. The lowest BCUT2D eigenvalue weighted by atomic mass is 9.82. The molecule has 4 heteroatoms. The molecule has 1 aromatic carbocycles. The fraction of sp³-hybridized carbons (Fsp3) is 0.444. The van der Waals surface area contributed by atoms with E-state index >= 15 is 0 Å². The van der Waals surface area contributed by atoms with E-state index in [4.69, 9.17) is 4.74 Å². The summed E-state index contributed by atoms with van der Waals surface area (Å²) in [5, 5.41) is 0.